The molecule has 0 spiro atoms. The quantitative estimate of drug-likeness (QED) is 0.476. The summed E-state index contributed by atoms with van der Waals surface area (Å²) in [5.74, 6) is -0.542. The van der Waals surface area contributed by atoms with E-state index in [1.807, 2.05) is 25.3 Å². The number of Topliss-reactive ketones (excluding diaryl/α,β-unsaturated/α-hetero) is 1. The molecule has 0 radical (unpaired) electrons. The normalized spacial score (nSPS) is 17.5. The first-order chi connectivity index (χ1) is 10.9. The fourth-order valence-electron chi connectivity index (χ4n) is 2.93. The fourth-order valence-corrected chi connectivity index (χ4v) is 2.93. The standard InChI is InChI=1S/C17H23N3O3/c1-5-7-14-16(22)20(17(23)18-14)10-15(21)13-9-11(3)19(8-6-2)12(13)4/h6,9,14H,2,5,7-8,10H2,1,3-4H3,(H,18,23). The Morgan fingerprint density at radius 3 is 2.70 bits per heavy atom. The van der Waals surface area contributed by atoms with Gasteiger partial charge < -0.3 is 9.88 Å². The summed E-state index contributed by atoms with van der Waals surface area (Å²) in [5.41, 5.74) is 2.32. The molecule has 1 aromatic heterocycles. The molecule has 6 heteroatoms. The molecule has 23 heavy (non-hydrogen) atoms. The van der Waals surface area contributed by atoms with E-state index in [1.165, 1.54) is 0 Å². The molecule has 1 N–H and O–H groups in total. The van der Waals surface area contributed by atoms with Crippen molar-refractivity contribution >= 4 is 17.7 Å². The highest BCUT2D eigenvalue weighted by molar-refractivity contribution is 6.09. The van der Waals surface area contributed by atoms with Gasteiger partial charge in [0.05, 0.1) is 6.54 Å². The van der Waals surface area contributed by atoms with E-state index in [1.54, 1.807) is 12.1 Å². The number of nitrogens with zero attached hydrogens (tertiary/aromatic N) is 2. The molecule has 2 heterocycles. The van der Waals surface area contributed by atoms with Gasteiger partial charge in [-0.1, -0.05) is 19.4 Å². The van der Waals surface area contributed by atoms with Crippen LogP contribution >= 0.6 is 0 Å². The van der Waals surface area contributed by atoms with Crippen LogP contribution in [0.25, 0.3) is 0 Å². The van der Waals surface area contributed by atoms with Gasteiger partial charge in [-0.2, -0.15) is 0 Å². The van der Waals surface area contributed by atoms with Crippen LogP contribution in [0.5, 0.6) is 0 Å². The average Bonchev–Trinajstić information content (AvgIpc) is 2.93. The van der Waals surface area contributed by atoms with Gasteiger partial charge in [0, 0.05) is 23.5 Å². The van der Waals surface area contributed by atoms with Crippen LogP contribution in [0.2, 0.25) is 0 Å². The number of nitrogens with one attached hydrogen (secondary N) is 1. The van der Waals surface area contributed by atoms with E-state index in [-0.39, 0.29) is 18.2 Å². The van der Waals surface area contributed by atoms with E-state index in [2.05, 4.69) is 11.9 Å². The van der Waals surface area contributed by atoms with Crippen LogP contribution in [0, 0.1) is 13.8 Å². The van der Waals surface area contributed by atoms with Gasteiger partial charge in [0.25, 0.3) is 5.91 Å². The largest absolute Gasteiger partial charge is 0.345 e. The van der Waals surface area contributed by atoms with Gasteiger partial charge in [-0.05, 0) is 26.3 Å². The van der Waals surface area contributed by atoms with Crippen molar-refractivity contribution in [2.45, 2.75) is 46.2 Å². The Labute approximate surface area is 136 Å². The van der Waals surface area contributed by atoms with Crippen LogP contribution in [0.15, 0.2) is 18.7 Å². The van der Waals surface area contributed by atoms with Crippen LogP contribution in [-0.4, -0.2) is 39.8 Å². The van der Waals surface area contributed by atoms with Gasteiger partial charge in [-0.15, -0.1) is 6.58 Å². The van der Waals surface area contributed by atoms with Crippen molar-refractivity contribution in [3.05, 3.63) is 35.7 Å². The first kappa shape index (κ1) is 17.0. The smallest absolute Gasteiger partial charge is 0.325 e. The number of carbonyl (C=O) groups is 3. The molecule has 2 rings (SSSR count). The van der Waals surface area contributed by atoms with Crippen molar-refractivity contribution in [2.24, 2.45) is 0 Å². The third-order valence-electron chi connectivity index (χ3n) is 4.17. The van der Waals surface area contributed by atoms with Crippen LogP contribution in [0.1, 0.15) is 41.5 Å². The van der Waals surface area contributed by atoms with E-state index < -0.39 is 12.1 Å². The molecule has 1 atom stereocenters. The second kappa shape index (κ2) is 6.81. The van der Waals surface area contributed by atoms with Gasteiger partial charge in [0.1, 0.15) is 6.04 Å². The molecule has 1 aromatic rings. The predicted molar refractivity (Wildman–Crippen MR) is 87.4 cm³/mol. The van der Waals surface area contributed by atoms with Crippen LogP contribution in [-0.2, 0) is 11.3 Å². The van der Waals surface area contributed by atoms with E-state index in [4.69, 9.17) is 0 Å². The summed E-state index contributed by atoms with van der Waals surface area (Å²) in [6.45, 7) is 9.83. The summed E-state index contributed by atoms with van der Waals surface area (Å²) in [4.78, 5) is 37.7. The zero-order valence-electron chi connectivity index (χ0n) is 13.9. The highest BCUT2D eigenvalue weighted by Gasteiger charge is 2.38. The number of amides is 3. The molecule has 1 aliphatic rings. The van der Waals surface area contributed by atoms with E-state index >= 15 is 0 Å². The first-order valence-corrected chi connectivity index (χ1v) is 7.83. The van der Waals surface area contributed by atoms with Crippen molar-refractivity contribution < 1.29 is 14.4 Å². The number of hydrogen-bond donors (Lipinski definition) is 1. The van der Waals surface area contributed by atoms with Crippen molar-refractivity contribution in [2.75, 3.05) is 6.54 Å². The fraction of sp³-hybridized carbons (Fsp3) is 0.471. The number of aryl methyl sites for hydroxylation is 1. The number of allylic oxidation sites excluding steroid dienone is 1. The SMILES string of the molecule is C=CCn1c(C)cc(C(=O)CN2C(=O)NC(CCC)C2=O)c1C. The van der Waals surface area contributed by atoms with Gasteiger partial charge in [0.2, 0.25) is 0 Å². The minimum absolute atomic E-state index is 0.219. The monoisotopic (exact) mass is 317 g/mol. The minimum Gasteiger partial charge on any atom is -0.345 e. The van der Waals surface area contributed by atoms with Crippen LogP contribution < -0.4 is 5.32 Å². The van der Waals surface area contributed by atoms with Gasteiger partial charge in [0.15, 0.2) is 5.78 Å². The van der Waals surface area contributed by atoms with Crippen molar-refractivity contribution in [3.8, 4) is 0 Å². The first-order valence-electron chi connectivity index (χ1n) is 7.83. The van der Waals surface area contributed by atoms with Gasteiger partial charge >= 0.3 is 6.03 Å². The minimum atomic E-state index is -0.506. The number of imide groups is 1. The average molecular weight is 317 g/mol. The third-order valence-corrected chi connectivity index (χ3v) is 4.17. The Morgan fingerprint density at radius 1 is 1.39 bits per heavy atom. The number of urea groups is 1. The maximum atomic E-state index is 12.5. The van der Waals surface area contributed by atoms with Crippen LogP contribution in [0.3, 0.4) is 0 Å². The topological polar surface area (TPSA) is 71.4 Å². The van der Waals surface area contributed by atoms with Gasteiger partial charge in [-0.3, -0.25) is 14.5 Å². The zero-order chi connectivity index (χ0) is 17.1. The summed E-state index contributed by atoms with van der Waals surface area (Å²) < 4.78 is 1.98. The molecule has 0 bridgehead atoms. The third kappa shape index (κ3) is 3.21. The molecule has 0 aliphatic carbocycles. The number of hydrogen-bond acceptors (Lipinski definition) is 3. The Kier molecular flexibility index (Phi) is 5.03. The Bertz CT molecular complexity index is 660. The Morgan fingerprint density at radius 2 is 2.09 bits per heavy atom. The molecule has 3 amide bonds. The molecule has 1 aliphatic heterocycles. The van der Waals surface area contributed by atoms with Crippen molar-refractivity contribution in [1.82, 2.24) is 14.8 Å². The molecular formula is C17H23N3O3. The summed E-state index contributed by atoms with van der Waals surface area (Å²) in [6, 6.07) is 0.804. The summed E-state index contributed by atoms with van der Waals surface area (Å²) in [6.07, 6.45) is 3.14. The lowest BCUT2D eigenvalue weighted by Crippen LogP contribution is -2.36. The number of rotatable bonds is 7. The molecule has 0 saturated carbocycles. The molecule has 1 fully saturated rings. The molecular weight excluding hydrogens is 294 g/mol. The number of carbonyl (C=O) groups excluding carboxylic acids is 3. The van der Waals surface area contributed by atoms with E-state index in [9.17, 15) is 14.4 Å². The Balaban J connectivity index is 2.16. The molecule has 1 saturated heterocycles. The number of ketones is 1. The predicted octanol–water partition coefficient (Wildman–Crippen LogP) is 2.19. The summed E-state index contributed by atoms with van der Waals surface area (Å²) in [5, 5.41) is 2.63. The molecule has 124 valence electrons. The maximum absolute atomic E-state index is 12.5. The lowest BCUT2D eigenvalue weighted by molar-refractivity contribution is -0.127. The lowest BCUT2D eigenvalue weighted by atomic mass is 10.1. The lowest BCUT2D eigenvalue weighted by Gasteiger charge is -2.12. The van der Waals surface area contributed by atoms with Crippen LogP contribution in [0.4, 0.5) is 4.79 Å². The van der Waals surface area contributed by atoms with Crippen molar-refractivity contribution in [3.63, 3.8) is 0 Å². The summed E-state index contributed by atoms with van der Waals surface area (Å²) in [7, 11) is 0. The van der Waals surface area contributed by atoms with Gasteiger partial charge in [-0.25, -0.2) is 4.79 Å². The zero-order valence-corrected chi connectivity index (χ0v) is 13.9. The molecule has 1 unspecified atom stereocenters. The highest BCUT2D eigenvalue weighted by Crippen LogP contribution is 2.18. The maximum Gasteiger partial charge on any atom is 0.325 e. The Hall–Kier alpha value is -2.37. The van der Waals surface area contributed by atoms with Crippen molar-refractivity contribution in [1.29, 1.82) is 0 Å². The number of aromatic nitrogens is 1. The second-order valence-electron chi connectivity index (χ2n) is 5.82. The molecule has 0 aromatic carbocycles. The molecule has 6 nitrogen and oxygen atoms in total. The second-order valence-corrected chi connectivity index (χ2v) is 5.82. The summed E-state index contributed by atoms with van der Waals surface area (Å²) >= 11 is 0. The van der Waals surface area contributed by atoms with E-state index in [0.717, 1.165) is 22.7 Å². The van der Waals surface area contributed by atoms with E-state index in [0.29, 0.717) is 18.5 Å². The highest BCUT2D eigenvalue weighted by atomic mass is 16.2.